The van der Waals surface area contributed by atoms with Gasteiger partial charge in [0, 0.05) is 24.3 Å². The molecule has 0 spiro atoms. The van der Waals surface area contributed by atoms with Crippen LogP contribution in [-0.4, -0.2) is 34.3 Å². The minimum atomic E-state index is 0.476. The number of nitrogens with two attached hydrogens (primary N) is 1. The highest BCUT2D eigenvalue weighted by Crippen LogP contribution is 2.37. The molecule has 1 aromatic heterocycles. The fourth-order valence-electron chi connectivity index (χ4n) is 2.78. The van der Waals surface area contributed by atoms with Gasteiger partial charge in [0.25, 0.3) is 0 Å². The van der Waals surface area contributed by atoms with E-state index in [1.165, 1.54) is 17.7 Å². The van der Waals surface area contributed by atoms with Crippen molar-refractivity contribution in [2.75, 3.05) is 19.6 Å². The summed E-state index contributed by atoms with van der Waals surface area (Å²) >= 11 is 0. The molecule has 90 valence electrons. The van der Waals surface area contributed by atoms with Crippen molar-refractivity contribution < 1.29 is 0 Å². The molecule has 1 fully saturated rings. The van der Waals surface area contributed by atoms with Crippen LogP contribution in [0.15, 0.2) is 6.20 Å². The zero-order valence-corrected chi connectivity index (χ0v) is 10.5. The van der Waals surface area contributed by atoms with Gasteiger partial charge in [-0.1, -0.05) is 6.92 Å². The van der Waals surface area contributed by atoms with Gasteiger partial charge < -0.3 is 5.73 Å². The number of aromatic nitrogens is 2. The van der Waals surface area contributed by atoms with Gasteiger partial charge in [0.15, 0.2) is 0 Å². The van der Waals surface area contributed by atoms with Gasteiger partial charge in [0.2, 0.25) is 0 Å². The summed E-state index contributed by atoms with van der Waals surface area (Å²) in [5.74, 6) is 0.586. The highest BCUT2D eigenvalue weighted by Gasteiger charge is 2.35. The smallest absolute Gasteiger partial charge is 0.0540 e. The summed E-state index contributed by atoms with van der Waals surface area (Å²) in [7, 11) is 2.00. The van der Waals surface area contributed by atoms with Crippen molar-refractivity contribution in [1.82, 2.24) is 14.7 Å². The number of likely N-dealkylation sites (tertiary alicyclic amines) is 1. The van der Waals surface area contributed by atoms with Crippen molar-refractivity contribution in [2.24, 2.45) is 18.7 Å². The van der Waals surface area contributed by atoms with Crippen LogP contribution >= 0.6 is 0 Å². The molecule has 4 heteroatoms. The Balaban J connectivity index is 2.32. The maximum atomic E-state index is 5.88. The Labute approximate surface area is 97.4 Å². The zero-order valence-electron chi connectivity index (χ0n) is 10.5. The topological polar surface area (TPSA) is 47.1 Å². The molecule has 0 saturated carbocycles. The normalized spacial score (nSPS) is 26.5. The summed E-state index contributed by atoms with van der Waals surface area (Å²) in [5, 5.41) is 4.35. The molecule has 0 aromatic carbocycles. The molecule has 2 rings (SSSR count). The lowest BCUT2D eigenvalue weighted by Gasteiger charge is -2.26. The van der Waals surface area contributed by atoms with Crippen LogP contribution in [0.25, 0.3) is 0 Å². The van der Waals surface area contributed by atoms with E-state index < -0.39 is 0 Å². The molecule has 4 nitrogen and oxygen atoms in total. The van der Waals surface area contributed by atoms with Crippen LogP contribution in [0.2, 0.25) is 0 Å². The number of nitrogens with zero attached hydrogens (tertiary/aromatic N) is 3. The molecule has 1 aliphatic rings. The number of rotatable bonds is 3. The SMILES string of the molecule is CCN1CCC(CN)C1c1cnn(C)c1C. The van der Waals surface area contributed by atoms with Crippen molar-refractivity contribution in [1.29, 1.82) is 0 Å². The third kappa shape index (κ3) is 1.76. The fraction of sp³-hybridized carbons (Fsp3) is 0.750. The molecule has 0 bridgehead atoms. The molecule has 1 saturated heterocycles. The fourth-order valence-corrected chi connectivity index (χ4v) is 2.78. The summed E-state index contributed by atoms with van der Waals surface area (Å²) in [6.45, 7) is 7.39. The highest BCUT2D eigenvalue weighted by molar-refractivity contribution is 5.23. The number of hydrogen-bond acceptors (Lipinski definition) is 3. The molecule has 2 heterocycles. The number of aryl methyl sites for hydroxylation is 1. The Kier molecular flexibility index (Phi) is 3.30. The van der Waals surface area contributed by atoms with E-state index in [0.717, 1.165) is 19.6 Å². The lowest BCUT2D eigenvalue weighted by Crippen LogP contribution is -2.28. The zero-order chi connectivity index (χ0) is 11.7. The first kappa shape index (κ1) is 11.6. The molecule has 0 amide bonds. The second-order valence-electron chi connectivity index (χ2n) is 4.67. The van der Waals surface area contributed by atoms with E-state index >= 15 is 0 Å². The van der Waals surface area contributed by atoms with Crippen molar-refractivity contribution in [3.8, 4) is 0 Å². The van der Waals surface area contributed by atoms with Crippen LogP contribution in [0.4, 0.5) is 0 Å². The molecule has 0 radical (unpaired) electrons. The van der Waals surface area contributed by atoms with Crippen LogP contribution in [0.1, 0.15) is 30.6 Å². The molecule has 2 unspecified atom stereocenters. The van der Waals surface area contributed by atoms with Crippen LogP contribution in [0.5, 0.6) is 0 Å². The first-order chi connectivity index (χ1) is 7.69. The van der Waals surface area contributed by atoms with E-state index in [1.54, 1.807) is 0 Å². The highest BCUT2D eigenvalue weighted by atomic mass is 15.3. The predicted molar refractivity (Wildman–Crippen MR) is 65.1 cm³/mol. The molecule has 0 aliphatic carbocycles. The Morgan fingerprint density at radius 3 is 2.81 bits per heavy atom. The third-order valence-electron chi connectivity index (χ3n) is 3.93. The minimum absolute atomic E-state index is 0.476. The number of hydrogen-bond donors (Lipinski definition) is 1. The van der Waals surface area contributed by atoms with Crippen LogP contribution in [0, 0.1) is 12.8 Å². The summed E-state index contributed by atoms with van der Waals surface area (Å²) in [4.78, 5) is 2.52. The van der Waals surface area contributed by atoms with Crippen LogP contribution < -0.4 is 5.73 Å². The van der Waals surface area contributed by atoms with Crippen molar-refractivity contribution in [3.05, 3.63) is 17.5 Å². The van der Waals surface area contributed by atoms with Gasteiger partial charge in [-0.15, -0.1) is 0 Å². The molecular weight excluding hydrogens is 200 g/mol. The third-order valence-corrected chi connectivity index (χ3v) is 3.93. The van der Waals surface area contributed by atoms with Crippen molar-refractivity contribution in [2.45, 2.75) is 26.3 Å². The average Bonchev–Trinajstić information content (AvgIpc) is 2.83. The van der Waals surface area contributed by atoms with E-state index in [9.17, 15) is 0 Å². The maximum Gasteiger partial charge on any atom is 0.0540 e. The Hall–Kier alpha value is -0.870. The van der Waals surface area contributed by atoms with E-state index in [1.807, 2.05) is 17.9 Å². The van der Waals surface area contributed by atoms with Gasteiger partial charge in [0.05, 0.1) is 6.20 Å². The molecular formula is C12H22N4. The van der Waals surface area contributed by atoms with E-state index in [4.69, 9.17) is 5.73 Å². The van der Waals surface area contributed by atoms with Crippen LogP contribution in [-0.2, 0) is 7.05 Å². The van der Waals surface area contributed by atoms with Gasteiger partial charge in [0.1, 0.15) is 0 Å². The second-order valence-corrected chi connectivity index (χ2v) is 4.67. The minimum Gasteiger partial charge on any atom is -0.330 e. The first-order valence-corrected chi connectivity index (χ1v) is 6.11. The predicted octanol–water partition coefficient (Wildman–Crippen LogP) is 1.07. The van der Waals surface area contributed by atoms with E-state index in [2.05, 4.69) is 23.8 Å². The van der Waals surface area contributed by atoms with Gasteiger partial charge >= 0.3 is 0 Å². The maximum absolute atomic E-state index is 5.88. The summed E-state index contributed by atoms with van der Waals surface area (Å²) in [6.07, 6.45) is 3.22. The summed E-state index contributed by atoms with van der Waals surface area (Å²) < 4.78 is 1.95. The lowest BCUT2D eigenvalue weighted by molar-refractivity contribution is 0.241. The second kappa shape index (κ2) is 4.55. The summed E-state index contributed by atoms with van der Waals surface area (Å²) in [6, 6.07) is 0.476. The van der Waals surface area contributed by atoms with Gasteiger partial charge in [-0.25, -0.2) is 0 Å². The largest absolute Gasteiger partial charge is 0.330 e. The van der Waals surface area contributed by atoms with Gasteiger partial charge in [-0.3, -0.25) is 9.58 Å². The van der Waals surface area contributed by atoms with Crippen molar-refractivity contribution in [3.63, 3.8) is 0 Å². The molecule has 1 aromatic rings. The summed E-state index contributed by atoms with van der Waals surface area (Å²) in [5.41, 5.74) is 8.51. The Morgan fingerprint density at radius 1 is 1.56 bits per heavy atom. The Bertz CT molecular complexity index is 346. The van der Waals surface area contributed by atoms with E-state index in [-0.39, 0.29) is 0 Å². The first-order valence-electron chi connectivity index (χ1n) is 6.11. The van der Waals surface area contributed by atoms with E-state index in [0.29, 0.717) is 12.0 Å². The average molecular weight is 222 g/mol. The quantitative estimate of drug-likeness (QED) is 0.832. The molecule has 16 heavy (non-hydrogen) atoms. The van der Waals surface area contributed by atoms with Crippen LogP contribution in [0.3, 0.4) is 0 Å². The standard InChI is InChI=1S/C12H22N4/c1-4-16-6-5-10(7-13)12(16)11-8-14-15(3)9(11)2/h8,10,12H,4-7,13H2,1-3H3. The Morgan fingerprint density at radius 2 is 2.31 bits per heavy atom. The monoisotopic (exact) mass is 222 g/mol. The molecule has 1 aliphatic heterocycles. The lowest BCUT2D eigenvalue weighted by atomic mass is 9.94. The molecule has 2 N–H and O–H groups in total. The van der Waals surface area contributed by atoms with Gasteiger partial charge in [-0.2, -0.15) is 5.10 Å². The van der Waals surface area contributed by atoms with Gasteiger partial charge in [-0.05, 0) is 38.9 Å². The molecule has 2 atom stereocenters. The van der Waals surface area contributed by atoms with Crippen molar-refractivity contribution >= 4 is 0 Å².